The molecule has 0 N–H and O–H groups in total. The Kier molecular flexibility index (Phi) is 3.76. The number of hydrogen-bond acceptors (Lipinski definition) is 3. The average Bonchev–Trinajstić information content (AvgIpc) is 2.13. The van der Waals surface area contributed by atoms with Crippen LogP contribution in [-0.4, -0.2) is 8.42 Å². The second-order valence-electron chi connectivity index (χ2n) is 2.85. The molecule has 0 spiro atoms. The summed E-state index contributed by atoms with van der Waals surface area (Å²) in [7, 11) is 0.354. The lowest BCUT2D eigenvalue weighted by atomic mass is 10.1. The summed E-state index contributed by atoms with van der Waals surface area (Å²) in [5, 5.41) is 8.57. The van der Waals surface area contributed by atoms with E-state index < -0.39 is 30.2 Å². The first-order chi connectivity index (χ1) is 7.59. The molecule has 0 aromatic heterocycles. The largest absolute Gasteiger partial charge is 0.418 e. The molecule has 0 heterocycles. The van der Waals surface area contributed by atoms with Gasteiger partial charge in [0.15, 0.2) is 0 Å². The van der Waals surface area contributed by atoms with Crippen molar-refractivity contribution in [3.05, 3.63) is 27.7 Å². The van der Waals surface area contributed by atoms with Crippen LogP contribution >= 0.6 is 26.6 Å². The first kappa shape index (κ1) is 14.3. The summed E-state index contributed by atoms with van der Waals surface area (Å²) in [5.41, 5.74) is -1.81. The van der Waals surface area contributed by atoms with Crippen LogP contribution in [0.4, 0.5) is 13.2 Å². The molecule has 9 heteroatoms. The van der Waals surface area contributed by atoms with Gasteiger partial charge in [0.05, 0.1) is 16.0 Å². The van der Waals surface area contributed by atoms with Gasteiger partial charge in [0, 0.05) is 15.2 Å². The molecule has 0 radical (unpaired) electrons. The second kappa shape index (κ2) is 4.48. The Bertz CT molecular complexity index is 606. The molecule has 0 aliphatic carbocycles. The van der Waals surface area contributed by atoms with E-state index in [2.05, 4.69) is 15.9 Å². The van der Waals surface area contributed by atoms with Gasteiger partial charge in [-0.05, 0) is 28.1 Å². The first-order valence-electron chi connectivity index (χ1n) is 3.83. The number of nitriles is 1. The topological polar surface area (TPSA) is 57.9 Å². The third kappa shape index (κ3) is 2.91. The van der Waals surface area contributed by atoms with Crippen molar-refractivity contribution >= 4 is 35.7 Å². The van der Waals surface area contributed by atoms with Crippen LogP contribution in [0.1, 0.15) is 11.1 Å². The lowest BCUT2D eigenvalue weighted by molar-refractivity contribution is -0.140. The number of hydrogen-bond donors (Lipinski definition) is 0. The summed E-state index contributed by atoms with van der Waals surface area (Å²) in [6.45, 7) is 0. The number of alkyl halides is 3. The van der Waals surface area contributed by atoms with Crippen molar-refractivity contribution in [2.24, 2.45) is 0 Å². The molecule has 17 heavy (non-hydrogen) atoms. The van der Waals surface area contributed by atoms with Crippen LogP contribution in [0.3, 0.4) is 0 Å². The summed E-state index contributed by atoms with van der Waals surface area (Å²) >= 11 is 2.55. The SMILES string of the molecule is N#Cc1ccc(S(=O)(=O)Cl)c(C(F)(F)F)c1Br. The van der Waals surface area contributed by atoms with Gasteiger partial charge < -0.3 is 0 Å². The van der Waals surface area contributed by atoms with Crippen molar-refractivity contribution in [1.82, 2.24) is 0 Å². The minimum atomic E-state index is -4.94. The maximum Gasteiger partial charge on any atom is 0.418 e. The van der Waals surface area contributed by atoms with Gasteiger partial charge in [-0.1, -0.05) is 0 Å². The van der Waals surface area contributed by atoms with E-state index in [0.717, 1.165) is 6.07 Å². The Balaban J connectivity index is 3.80. The molecular formula is C8H2BrClF3NO2S. The van der Waals surface area contributed by atoms with Crippen molar-refractivity contribution in [3.8, 4) is 6.07 Å². The predicted octanol–water partition coefficient (Wildman–Crippen LogP) is 3.27. The molecule has 0 amide bonds. The maximum absolute atomic E-state index is 12.7. The number of rotatable bonds is 1. The highest BCUT2D eigenvalue weighted by Gasteiger charge is 2.39. The van der Waals surface area contributed by atoms with Gasteiger partial charge in [-0.2, -0.15) is 18.4 Å². The molecule has 1 aromatic rings. The third-order valence-electron chi connectivity index (χ3n) is 1.77. The van der Waals surface area contributed by atoms with Crippen LogP contribution in [-0.2, 0) is 15.2 Å². The highest BCUT2D eigenvalue weighted by atomic mass is 79.9. The van der Waals surface area contributed by atoms with Gasteiger partial charge >= 0.3 is 6.18 Å². The Labute approximate surface area is 107 Å². The lowest BCUT2D eigenvalue weighted by Crippen LogP contribution is -2.12. The summed E-state index contributed by atoms with van der Waals surface area (Å²) in [6, 6.07) is 3.09. The van der Waals surface area contributed by atoms with Gasteiger partial charge in [0.1, 0.15) is 6.07 Å². The number of nitrogens with zero attached hydrogens (tertiary/aromatic N) is 1. The Morgan fingerprint density at radius 2 is 1.88 bits per heavy atom. The third-order valence-corrected chi connectivity index (χ3v) is 3.96. The molecule has 0 bridgehead atoms. The van der Waals surface area contributed by atoms with Gasteiger partial charge in [-0.3, -0.25) is 0 Å². The molecule has 0 atom stereocenters. The highest BCUT2D eigenvalue weighted by molar-refractivity contribution is 9.10. The Morgan fingerprint density at radius 1 is 1.35 bits per heavy atom. The molecule has 92 valence electrons. The lowest BCUT2D eigenvalue weighted by Gasteiger charge is -2.13. The van der Waals surface area contributed by atoms with E-state index in [0.29, 0.717) is 6.07 Å². The number of benzene rings is 1. The summed E-state index contributed by atoms with van der Waals surface area (Å²) < 4.78 is 59.5. The van der Waals surface area contributed by atoms with E-state index in [-0.39, 0.29) is 5.56 Å². The zero-order chi connectivity index (χ0) is 13.4. The molecule has 3 nitrogen and oxygen atoms in total. The van der Waals surface area contributed by atoms with Gasteiger partial charge in [-0.15, -0.1) is 0 Å². The number of halogens is 5. The van der Waals surface area contributed by atoms with E-state index >= 15 is 0 Å². The van der Waals surface area contributed by atoms with Gasteiger partial charge in [0.2, 0.25) is 0 Å². The second-order valence-corrected chi connectivity index (χ2v) is 6.18. The molecule has 0 saturated carbocycles. The molecule has 1 rings (SSSR count). The van der Waals surface area contributed by atoms with Gasteiger partial charge in [0.25, 0.3) is 9.05 Å². The maximum atomic E-state index is 12.7. The summed E-state index contributed by atoms with van der Waals surface area (Å²) in [4.78, 5) is -1.09. The summed E-state index contributed by atoms with van der Waals surface area (Å²) in [6.07, 6.45) is -4.94. The monoisotopic (exact) mass is 347 g/mol. The fraction of sp³-hybridized carbons (Fsp3) is 0.125. The average molecular weight is 349 g/mol. The molecule has 0 unspecified atom stereocenters. The van der Waals surface area contributed by atoms with Crippen LogP contribution in [0.5, 0.6) is 0 Å². The van der Waals surface area contributed by atoms with Crippen LogP contribution in [0, 0.1) is 11.3 Å². The van der Waals surface area contributed by atoms with Crippen molar-refractivity contribution in [3.63, 3.8) is 0 Å². The van der Waals surface area contributed by atoms with E-state index in [9.17, 15) is 21.6 Å². The van der Waals surface area contributed by atoms with Crippen LogP contribution in [0.2, 0.25) is 0 Å². The van der Waals surface area contributed by atoms with E-state index in [1.54, 1.807) is 0 Å². The molecular weight excluding hydrogens is 347 g/mol. The van der Waals surface area contributed by atoms with Gasteiger partial charge in [-0.25, -0.2) is 8.42 Å². The van der Waals surface area contributed by atoms with Crippen molar-refractivity contribution in [2.45, 2.75) is 11.1 Å². The molecule has 0 aliphatic heterocycles. The fourth-order valence-electron chi connectivity index (χ4n) is 1.11. The minimum Gasteiger partial charge on any atom is -0.207 e. The van der Waals surface area contributed by atoms with E-state index in [4.69, 9.17) is 15.9 Å². The molecule has 1 aromatic carbocycles. The fourth-order valence-corrected chi connectivity index (χ4v) is 2.98. The van der Waals surface area contributed by atoms with Crippen LogP contribution in [0.25, 0.3) is 0 Å². The van der Waals surface area contributed by atoms with E-state index in [1.165, 1.54) is 6.07 Å². The Morgan fingerprint density at radius 3 is 2.24 bits per heavy atom. The zero-order valence-corrected chi connectivity index (χ0v) is 10.9. The van der Waals surface area contributed by atoms with Crippen LogP contribution < -0.4 is 0 Å². The molecule has 0 fully saturated rings. The van der Waals surface area contributed by atoms with Crippen LogP contribution in [0.15, 0.2) is 21.5 Å². The molecule has 0 aliphatic rings. The highest BCUT2D eigenvalue weighted by Crippen LogP contribution is 2.41. The first-order valence-corrected chi connectivity index (χ1v) is 6.93. The normalized spacial score (nSPS) is 12.2. The van der Waals surface area contributed by atoms with Crippen molar-refractivity contribution < 1.29 is 21.6 Å². The van der Waals surface area contributed by atoms with Crippen molar-refractivity contribution in [1.29, 1.82) is 5.26 Å². The standard InChI is InChI=1S/C8H2BrClF3NO2S/c9-7-4(3-14)1-2-5(17(10,15)16)6(7)8(11,12)13/h1-2H. The quantitative estimate of drug-likeness (QED) is 0.732. The van der Waals surface area contributed by atoms with E-state index in [1.807, 2.05) is 0 Å². The predicted molar refractivity (Wildman–Crippen MR) is 56.9 cm³/mol. The Hall–Kier alpha value is -0.780. The summed E-state index contributed by atoms with van der Waals surface area (Å²) in [5.74, 6) is 0. The smallest absolute Gasteiger partial charge is 0.207 e. The minimum absolute atomic E-state index is 0.332. The molecule has 0 saturated heterocycles. The van der Waals surface area contributed by atoms with Crippen molar-refractivity contribution in [2.75, 3.05) is 0 Å². The zero-order valence-electron chi connectivity index (χ0n) is 7.72.